The van der Waals surface area contributed by atoms with Gasteiger partial charge in [-0.2, -0.15) is 0 Å². The van der Waals surface area contributed by atoms with Gasteiger partial charge in [-0.3, -0.25) is 4.79 Å². The maximum absolute atomic E-state index is 12.4. The van der Waals surface area contributed by atoms with Gasteiger partial charge >= 0.3 is 12.1 Å². The van der Waals surface area contributed by atoms with E-state index in [0.29, 0.717) is 13.0 Å². The van der Waals surface area contributed by atoms with Crippen LogP contribution in [0.2, 0.25) is 0 Å². The Morgan fingerprint density at radius 3 is 2.30 bits per heavy atom. The predicted octanol–water partition coefficient (Wildman–Crippen LogP) is 1.49. The van der Waals surface area contributed by atoms with Gasteiger partial charge in [0.15, 0.2) is 6.10 Å². The molecule has 0 aromatic heterocycles. The summed E-state index contributed by atoms with van der Waals surface area (Å²) >= 11 is 0. The minimum atomic E-state index is -1.69. The molecule has 0 saturated carbocycles. The molecule has 0 radical (unpaired) electrons. The van der Waals surface area contributed by atoms with E-state index in [-0.39, 0.29) is 25.0 Å². The molecule has 0 bridgehead atoms. The number of benzene rings is 2. The third kappa shape index (κ3) is 4.99. The third-order valence-electron chi connectivity index (χ3n) is 6.08. The number of nitrogens with one attached hydrogen (secondary N) is 2. The fourth-order valence-electron chi connectivity index (χ4n) is 4.38. The summed E-state index contributed by atoms with van der Waals surface area (Å²) < 4.78 is 10.9. The number of aliphatic carboxylic acids is 1. The molecule has 2 aliphatic rings. The van der Waals surface area contributed by atoms with E-state index in [1.807, 2.05) is 36.4 Å². The zero-order valence-corrected chi connectivity index (χ0v) is 17.9. The quantitative estimate of drug-likeness (QED) is 0.475. The highest BCUT2D eigenvalue weighted by Gasteiger charge is 2.35. The smallest absolute Gasteiger partial charge is 0.407 e. The van der Waals surface area contributed by atoms with E-state index in [9.17, 15) is 19.5 Å². The number of carboxylic acids is 1. The molecular formula is C24H26N2O7. The number of amides is 2. The van der Waals surface area contributed by atoms with Crippen molar-refractivity contribution in [3.05, 3.63) is 59.7 Å². The Balaban J connectivity index is 1.28. The molecule has 4 N–H and O–H groups in total. The van der Waals surface area contributed by atoms with E-state index in [1.165, 1.54) is 0 Å². The summed E-state index contributed by atoms with van der Waals surface area (Å²) in [6, 6.07) is 16.1. The molecule has 2 aromatic carbocycles. The van der Waals surface area contributed by atoms with Crippen LogP contribution in [-0.2, 0) is 19.1 Å². The van der Waals surface area contributed by atoms with Gasteiger partial charge in [0, 0.05) is 25.0 Å². The Bertz CT molecular complexity index is 995. The molecule has 1 fully saturated rings. The Hall–Kier alpha value is -3.43. The Kier molecular flexibility index (Phi) is 6.90. The number of carbonyl (C=O) groups is 3. The van der Waals surface area contributed by atoms with Crippen molar-refractivity contribution in [2.75, 3.05) is 26.3 Å². The number of hydrogen-bond acceptors (Lipinski definition) is 6. The van der Waals surface area contributed by atoms with Gasteiger partial charge in [-0.05, 0) is 28.7 Å². The van der Waals surface area contributed by atoms with Crippen LogP contribution in [0.25, 0.3) is 11.1 Å². The number of ether oxygens (including phenoxy) is 2. The molecule has 33 heavy (non-hydrogen) atoms. The molecule has 1 aliphatic heterocycles. The van der Waals surface area contributed by atoms with Gasteiger partial charge < -0.3 is 30.3 Å². The molecule has 1 aliphatic carbocycles. The van der Waals surface area contributed by atoms with Gasteiger partial charge in [-0.1, -0.05) is 48.5 Å². The second-order valence-corrected chi connectivity index (χ2v) is 8.15. The fraction of sp³-hybridized carbons (Fsp3) is 0.375. The van der Waals surface area contributed by atoms with Crippen molar-refractivity contribution in [1.82, 2.24) is 10.6 Å². The Morgan fingerprint density at radius 1 is 1.03 bits per heavy atom. The van der Waals surface area contributed by atoms with E-state index in [2.05, 4.69) is 22.8 Å². The first-order valence-corrected chi connectivity index (χ1v) is 10.8. The number of rotatable bonds is 8. The lowest BCUT2D eigenvalue weighted by atomic mass is 9.98. The lowest BCUT2D eigenvalue weighted by Gasteiger charge is -2.19. The SMILES string of the molecule is O=C(NCC1CCOC1C(=O)NCC(O)C(=O)O)OCC1c2ccccc2-c2ccccc21. The zero-order chi connectivity index (χ0) is 23.4. The molecule has 9 heteroatoms. The molecule has 4 rings (SSSR count). The van der Waals surface area contributed by atoms with Gasteiger partial charge in [0.05, 0.1) is 6.54 Å². The van der Waals surface area contributed by atoms with Crippen molar-refractivity contribution in [3.63, 3.8) is 0 Å². The van der Waals surface area contributed by atoms with E-state index in [1.54, 1.807) is 0 Å². The highest BCUT2D eigenvalue weighted by atomic mass is 16.5. The predicted molar refractivity (Wildman–Crippen MR) is 118 cm³/mol. The largest absolute Gasteiger partial charge is 0.479 e. The van der Waals surface area contributed by atoms with E-state index < -0.39 is 36.7 Å². The molecule has 3 atom stereocenters. The average molecular weight is 454 g/mol. The molecule has 1 heterocycles. The van der Waals surface area contributed by atoms with Crippen LogP contribution in [0.4, 0.5) is 4.79 Å². The summed E-state index contributed by atoms with van der Waals surface area (Å²) in [5.74, 6) is -2.27. The summed E-state index contributed by atoms with van der Waals surface area (Å²) in [4.78, 5) is 35.3. The average Bonchev–Trinajstić information content (AvgIpc) is 3.42. The van der Waals surface area contributed by atoms with E-state index in [4.69, 9.17) is 14.6 Å². The molecule has 9 nitrogen and oxygen atoms in total. The summed E-state index contributed by atoms with van der Waals surface area (Å²) in [6.07, 6.45) is -2.54. The second-order valence-electron chi connectivity index (χ2n) is 8.15. The number of aliphatic hydroxyl groups is 1. The maximum Gasteiger partial charge on any atom is 0.407 e. The number of carbonyl (C=O) groups excluding carboxylic acids is 2. The van der Waals surface area contributed by atoms with Crippen molar-refractivity contribution in [3.8, 4) is 11.1 Å². The molecule has 3 unspecified atom stereocenters. The van der Waals surface area contributed by atoms with Gasteiger partial charge in [-0.25, -0.2) is 9.59 Å². The Labute approximate surface area is 190 Å². The molecule has 0 spiro atoms. The number of hydrogen-bond donors (Lipinski definition) is 4. The number of aliphatic hydroxyl groups excluding tert-OH is 1. The summed E-state index contributed by atoms with van der Waals surface area (Å²) in [7, 11) is 0. The first kappa shape index (κ1) is 22.8. The van der Waals surface area contributed by atoms with Gasteiger partial charge in [0.25, 0.3) is 0 Å². The first-order chi connectivity index (χ1) is 16.0. The normalized spacial score (nSPS) is 19.9. The lowest BCUT2D eigenvalue weighted by Crippen LogP contribution is -2.45. The van der Waals surface area contributed by atoms with Crippen molar-refractivity contribution in [2.24, 2.45) is 5.92 Å². The van der Waals surface area contributed by atoms with Crippen LogP contribution in [0.1, 0.15) is 23.5 Å². The van der Waals surface area contributed by atoms with Crippen molar-refractivity contribution in [1.29, 1.82) is 0 Å². The molecule has 1 saturated heterocycles. The highest BCUT2D eigenvalue weighted by molar-refractivity contribution is 5.82. The van der Waals surface area contributed by atoms with Crippen LogP contribution in [-0.4, -0.2) is 66.7 Å². The van der Waals surface area contributed by atoms with Crippen LogP contribution in [0, 0.1) is 5.92 Å². The van der Waals surface area contributed by atoms with Crippen molar-refractivity contribution < 1.29 is 34.1 Å². The molecule has 174 valence electrons. The second kappa shape index (κ2) is 10.0. The molecular weight excluding hydrogens is 428 g/mol. The van der Waals surface area contributed by atoms with Crippen molar-refractivity contribution >= 4 is 18.0 Å². The Morgan fingerprint density at radius 2 is 1.67 bits per heavy atom. The lowest BCUT2D eigenvalue weighted by molar-refractivity contribution is -0.146. The maximum atomic E-state index is 12.4. The minimum absolute atomic E-state index is 0.0443. The van der Waals surface area contributed by atoms with E-state index in [0.717, 1.165) is 22.3 Å². The van der Waals surface area contributed by atoms with Crippen molar-refractivity contribution in [2.45, 2.75) is 24.5 Å². The summed E-state index contributed by atoms with van der Waals surface area (Å²) in [5.41, 5.74) is 4.53. The first-order valence-electron chi connectivity index (χ1n) is 10.8. The van der Waals surface area contributed by atoms with Crippen LogP contribution in [0.15, 0.2) is 48.5 Å². The van der Waals surface area contributed by atoms with Crippen LogP contribution in [0.3, 0.4) is 0 Å². The topological polar surface area (TPSA) is 134 Å². The molecule has 2 aromatic rings. The number of fused-ring (bicyclic) bond motifs is 3. The number of alkyl carbamates (subject to hydrolysis) is 1. The minimum Gasteiger partial charge on any atom is -0.479 e. The zero-order valence-electron chi connectivity index (χ0n) is 17.9. The van der Waals surface area contributed by atoms with Gasteiger partial charge in [0.1, 0.15) is 12.7 Å². The van der Waals surface area contributed by atoms with Gasteiger partial charge in [0.2, 0.25) is 5.91 Å². The van der Waals surface area contributed by atoms with Gasteiger partial charge in [-0.15, -0.1) is 0 Å². The van der Waals surface area contributed by atoms with Crippen LogP contribution < -0.4 is 10.6 Å². The monoisotopic (exact) mass is 454 g/mol. The fourth-order valence-corrected chi connectivity index (χ4v) is 4.38. The highest BCUT2D eigenvalue weighted by Crippen LogP contribution is 2.44. The molecule has 2 amide bonds. The third-order valence-corrected chi connectivity index (χ3v) is 6.08. The standard InChI is InChI=1S/C24H26N2O7/c27-20(23(29)30)12-25-22(28)21-14(9-10-32-21)11-26-24(31)33-13-19-17-7-3-1-5-15(17)16-6-2-4-8-18(16)19/h1-8,14,19-21,27H,9-13H2,(H,25,28)(H,26,31)(H,29,30). The van der Waals surface area contributed by atoms with Crippen LogP contribution >= 0.6 is 0 Å². The summed E-state index contributed by atoms with van der Waals surface area (Å²) in [5, 5.41) is 23.1. The van der Waals surface area contributed by atoms with Crippen LogP contribution in [0.5, 0.6) is 0 Å². The number of carboxylic acid groups (broad SMARTS) is 1. The van der Waals surface area contributed by atoms with E-state index >= 15 is 0 Å². The summed E-state index contributed by atoms with van der Waals surface area (Å²) in [6.45, 7) is 0.297.